The summed E-state index contributed by atoms with van der Waals surface area (Å²) in [6.45, 7) is 7.24. The summed E-state index contributed by atoms with van der Waals surface area (Å²) in [5, 5.41) is 0. The molecule has 0 aliphatic rings. The Hall–Kier alpha value is -3.02. The molecule has 1 aromatic heterocycles. The quantitative estimate of drug-likeness (QED) is 0.598. The third kappa shape index (κ3) is 3.60. The van der Waals surface area contributed by atoms with Crippen LogP contribution in [0.2, 0.25) is 0 Å². The van der Waals surface area contributed by atoms with Crippen LogP contribution >= 0.6 is 0 Å². The van der Waals surface area contributed by atoms with Crippen LogP contribution in [0.1, 0.15) is 36.7 Å². The lowest BCUT2D eigenvalue weighted by molar-refractivity contribution is 0.0521. The zero-order chi connectivity index (χ0) is 19.4. The maximum Gasteiger partial charge on any atom is 0.341 e. The van der Waals surface area contributed by atoms with Gasteiger partial charge in [0.15, 0.2) is 0 Å². The molecule has 0 N–H and O–H groups in total. The standard InChI is InChI=1S/C21H24N2O4/c1-4-22-17-12-16(20(24)26-6-3)19(13-18(17)23(5-2)21(22)25)27-14-15-10-8-7-9-11-15/h7-13H,4-6,14H2,1-3H3. The molecule has 27 heavy (non-hydrogen) atoms. The topological polar surface area (TPSA) is 62.5 Å². The molecule has 0 bridgehead atoms. The molecule has 0 unspecified atom stereocenters. The van der Waals surface area contributed by atoms with E-state index in [1.165, 1.54) is 0 Å². The van der Waals surface area contributed by atoms with Crippen molar-refractivity contribution in [3.05, 3.63) is 64.1 Å². The van der Waals surface area contributed by atoms with Gasteiger partial charge in [-0.2, -0.15) is 0 Å². The molecular weight excluding hydrogens is 344 g/mol. The van der Waals surface area contributed by atoms with Crippen LogP contribution in [0.5, 0.6) is 5.75 Å². The minimum Gasteiger partial charge on any atom is -0.488 e. The molecule has 0 atom stereocenters. The van der Waals surface area contributed by atoms with Crippen molar-refractivity contribution >= 4 is 17.0 Å². The third-order valence-electron chi connectivity index (χ3n) is 4.49. The van der Waals surface area contributed by atoms with Crippen LogP contribution in [0, 0.1) is 0 Å². The Labute approximate surface area is 157 Å². The van der Waals surface area contributed by atoms with E-state index < -0.39 is 5.97 Å². The van der Waals surface area contributed by atoms with E-state index in [1.807, 2.05) is 44.2 Å². The number of imidazole rings is 1. The fraction of sp³-hybridized carbons (Fsp3) is 0.333. The highest BCUT2D eigenvalue weighted by Gasteiger charge is 2.20. The molecular formula is C21H24N2O4. The molecule has 0 aliphatic carbocycles. The monoisotopic (exact) mass is 368 g/mol. The van der Waals surface area contributed by atoms with Crippen molar-refractivity contribution in [3.8, 4) is 5.75 Å². The average Bonchev–Trinajstić information content (AvgIpc) is 2.96. The summed E-state index contributed by atoms with van der Waals surface area (Å²) in [6.07, 6.45) is 0. The zero-order valence-electron chi connectivity index (χ0n) is 15.9. The SMILES string of the molecule is CCOC(=O)c1cc2c(cc1OCc1ccccc1)n(CC)c(=O)n2CC. The highest BCUT2D eigenvalue weighted by Crippen LogP contribution is 2.28. The second-order valence-electron chi connectivity index (χ2n) is 6.10. The van der Waals surface area contributed by atoms with E-state index in [4.69, 9.17) is 9.47 Å². The van der Waals surface area contributed by atoms with E-state index in [9.17, 15) is 9.59 Å². The second kappa shape index (κ2) is 8.12. The summed E-state index contributed by atoms with van der Waals surface area (Å²) in [7, 11) is 0. The minimum absolute atomic E-state index is 0.0926. The number of carbonyl (C=O) groups excluding carboxylic acids is 1. The molecule has 0 amide bonds. The molecule has 0 saturated heterocycles. The van der Waals surface area contributed by atoms with Crippen LogP contribution < -0.4 is 10.4 Å². The summed E-state index contributed by atoms with van der Waals surface area (Å²) in [6, 6.07) is 13.2. The highest BCUT2D eigenvalue weighted by atomic mass is 16.5. The first kappa shape index (κ1) is 18.8. The van der Waals surface area contributed by atoms with Gasteiger partial charge in [-0.25, -0.2) is 9.59 Å². The van der Waals surface area contributed by atoms with Gasteiger partial charge < -0.3 is 9.47 Å². The highest BCUT2D eigenvalue weighted by molar-refractivity contribution is 5.97. The maximum atomic E-state index is 12.6. The molecule has 6 nitrogen and oxygen atoms in total. The summed E-state index contributed by atoms with van der Waals surface area (Å²) in [5.41, 5.74) is 2.69. The predicted octanol–water partition coefficient (Wildman–Crippen LogP) is 3.60. The first-order valence-corrected chi connectivity index (χ1v) is 9.21. The van der Waals surface area contributed by atoms with Crippen LogP contribution in [0.3, 0.4) is 0 Å². The largest absolute Gasteiger partial charge is 0.488 e. The number of esters is 1. The third-order valence-corrected chi connectivity index (χ3v) is 4.49. The first-order valence-electron chi connectivity index (χ1n) is 9.21. The van der Waals surface area contributed by atoms with Gasteiger partial charge in [-0.05, 0) is 32.4 Å². The van der Waals surface area contributed by atoms with E-state index in [2.05, 4.69) is 0 Å². The fourth-order valence-electron chi connectivity index (χ4n) is 3.18. The normalized spacial score (nSPS) is 10.9. The molecule has 3 rings (SSSR count). The van der Waals surface area contributed by atoms with E-state index in [1.54, 1.807) is 28.2 Å². The molecule has 0 saturated carbocycles. The molecule has 1 heterocycles. The summed E-state index contributed by atoms with van der Waals surface area (Å²) >= 11 is 0. The van der Waals surface area contributed by atoms with Crippen LogP contribution in [0.15, 0.2) is 47.3 Å². The van der Waals surface area contributed by atoms with Gasteiger partial charge in [0.05, 0.1) is 17.6 Å². The maximum absolute atomic E-state index is 12.6. The lowest BCUT2D eigenvalue weighted by Gasteiger charge is -2.12. The van der Waals surface area contributed by atoms with Crippen molar-refractivity contribution in [3.63, 3.8) is 0 Å². The Morgan fingerprint density at radius 2 is 1.59 bits per heavy atom. The van der Waals surface area contributed by atoms with Crippen LogP contribution in [0.4, 0.5) is 0 Å². The van der Waals surface area contributed by atoms with Crippen LogP contribution in [-0.4, -0.2) is 21.7 Å². The number of nitrogens with zero attached hydrogens (tertiary/aromatic N) is 2. The summed E-state index contributed by atoms with van der Waals surface area (Å²) in [4.78, 5) is 25.1. The number of rotatable bonds is 7. The van der Waals surface area contributed by atoms with Crippen LogP contribution in [-0.2, 0) is 24.4 Å². The molecule has 0 radical (unpaired) electrons. The van der Waals surface area contributed by atoms with Crippen molar-refractivity contribution in [2.75, 3.05) is 6.61 Å². The van der Waals surface area contributed by atoms with Gasteiger partial charge in [-0.15, -0.1) is 0 Å². The van der Waals surface area contributed by atoms with E-state index in [-0.39, 0.29) is 12.3 Å². The lowest BCUT2D eigenvalue weighted by Crippen LogP contribution is -2.23. The Balaban J connectivity index is 2.12. The molecule has 0 spiro atoms. The number of carbonyl (C=O) groups is 1. The molecule has 142 valence electrons. The number of ether oxygens (including phenoxy) is 2. The van der Waals surface area contributed by atoms with Crippen molar-refractivity contribution < 1.29 is 14.3 Å². The number of aryl methyl sites for hydroxylation is 2. The van der Waals surface area contributed by atoms with Gasteiger partial charge in [-0.3, -0.25) is 9.13 Å². The summed E-state index contributed by atoms with van der Waals surface area (Å²) < 4.78 is 14.5. The van der Waals surface area contributed by atoms with E-state index in [0.717, 1.165) is 11.1 Å². The summed E-state index contributed by atoms with van der Waals surface area (Å²) in [5.74, 6) is -0.0398. The van der Waals surface area contributed by atoms with Gasteiger partial charge in [-0.1, -0.05) is 30.3 Å². The molecule has 0 aliphatic heterocycles. The number of fused-ring (bicyclic) bond motifs is 1. The Kier molecular flexibility index (Phi) is 5.64. The van der Waals surface area contributed by atoms with E-state index in [0.29, 0.717) is 36.5 Å². The number of benzene rings is 2. The molecule has 3 aromatic rings. The molecule has 6 heteroatoms. The first-order chi connectivity index (χ1) is 13.1. The number of hydrogen-bond acceptors (Lipinski definition) is 4. The van der Waals surface area contributed by atoms with Gasteiger partial charge >= 0.3 is 11.7 Å². The van der Waals surface area contributed by atoms with Crippen molar-refractivity contribution in [2.45, 2.75) is 40.5 Å². The van der Waals surface area contributed by atoms with Gasteiger partial charge in [0, 0.05) is 19.2 Å². The Bertz CT molecular complexity index is 1000. The Morgan fingerprint density at radius 1 is 0.963 bits per heavy atom. The number of hydrogen-bond donors (Lipinski definition) is 0. The average molecular weight is 368 g/mol. The second-order valence-corrected chi connectivity index (χ2v) is 6.10. The van der Waals surface area contributed by atoms with Gasteiger partial charge in [0.25, 0.3) is 0 Å². The van der Waals surface area contributed by atoms with Crippen molar-refractivity contribution in [2.24, 2.45) is 0 Å². The Morgan fingerprint density at radius 3 is 2.19 bits per heavy atom. The minimum atomic E-state index is -0.457. The van der Waals surface area contributed by atoms with E-state index >= 15 is 0 Å². The van der Waals surface area contributed by atoms with Crippen molar-refractivity contribution in [1.82, 2.24) is 9.13 Å². The zero-order valence-corrected chi connectivity index (χ0v) is 15.9. The lowest BCUT2D eigenvalue weighted by atomic mass is 10.1. The van der Waals surface area contributed by atoms with Gasteiger partial charge in [0.1, 0.15) is 17.9 Å². The molecule has 0 fully saturated rings. The smallest absolute Gasteiger partial charge is 0.341 e. The van der Waals surface area contributed by atoms with Crippen LogP contribution in [0.25, 0.3) is 11.0 Å². The van der Waals surface area contributed by atoms with Crippen molar-refractivity contribution in [1.29, 1.82) is 0 Å². The molecule has 2 aromatic carbocycles. The fourth-order valence-corrected chi connectivity index (χ4v) is 3.18. The number of aromatic nitrogens is 2. The van der Waals surface area contributed by atoms with Gasteiger partial charge in [0.2, 0.25) is 0 Å². The predicted molar refractivity (Wildman–Crippen MR) is 104 cm³/mol.